The Labute approximate surface area is 259 Å². The van der Waals surface area contributed by atoms with Crippen LogP contribution < -0.4 is 20.7 Å². The number of amides is 2. The van der Waals surface area contributed by atoms with Crippen molar-refractivity contribution in [2.45, 2.75) is 64.8 Å². The SMILES string of the molecule is CC(C)=CC(=O)NC1Cc2ccc3c(c2)C2(c4ccccc4NC2O3)c2oc(nc2-c2nc(C#N)co2)C(C(C)(C)C)NC1=O. The number of nitriles is 1. The van der Waals surface area contributed by atoms with Crippen molar-refractivity contribution in [1.29, 1.82) is 5.26 Å². The number of fused-ring (bicyclic) bond motifs is 4. The van der Waals surface area contributed by atoms with Gasteiger partial charge in [0.1, 0.15) is 35.6 Å². The van der Waals surface area contributed by atoms with Crippen LogP contribution in [-0.4, -0.2) is 34.1 Å². The third kappa shape index (κ3) is 4.47. The van der Waals surface area contributed by atoms with E-state index in [1.807, 2.05) is 83.2 Å². The number of hydrogen-bond acceptors (Lipinski definition) is 9. The first-order chi connectivity index (χ1) is 21.5. The molecule has 2 aromatic carbocycles. The summed E-state index contributed by atoms with van der Waals surface area (Å²) in [5.41, 5.74) is 3.00. The first kappa shape index (κ1) is 28.4. The number of aromatic nitrogens is 2. The standard InChI is InChI=1S/C34H32N6O5/c1-17(2)12-25(41)37-23-14-18-10-11-24-21(13-18)34(20-8-6-7-9-22(20)38-32(34)44-24)28-26(30-36-19(15-35)16-43-30)39-31(45-28)27(33(3,4)5)40-29(23)42/h6-13,16,23,27,32,38H,14H2,1-5H3,(H,37,41)(H,40,42). The number of anilines is 1. The lowest BCUT2D eigenvalue weighted by Crippen LogP contribution is -2.50. The molecule has 2 amide bonds. The molecule has 5 heterocycles. The molecule has 7 rings (SSSR count). The minimum absolute atomic E-state index is 0.0957. The second-order valence-corrected chi connectivity index (χ2v) is 13.0. The molecule has 11 heteroatoms. The van der Waals surface area contributed by atoms with E-state index < -0.39 is 29.1 Å². The highest BCUT2D eigenvalue weighted by molar-refractivity contribution is 5.93. The Bertz CT molecular complexity index is 1940. The average Bonchev–Trinajstić information content (AvgIpc) is 3.74. The molecule has 2 aromatic heterocycles. The summed E-state index contributed by atoms with van der Waals surface area (Å²) in [6.07, 6.45) is 2.38. The van der Waals surface area contributed by atoms with Crippen molar-refractivity contribution >= 4 is 17.5 Å². The summed E-state index contributed by atoms with van der Waals surface area (Å²) in [6.45, 7) is 9.55. The zero-order chi connectivity index (χ0) is 31.7. The molecular formula is C34H32N6O5. The number of oxazole rings is 2. The average molecular weight is 605 g/mol. The first-order valence-electron chi connectivity index (χ1n) is 14.8. The summed E-state index contributed by atoms with van der Waals surface area (Å²) in [5, 5.41) is 19.1. The van der Waals surface area contributed by atoms with Crippen molar-refractivity contribution in [3.8, 4) is 23.4 Å². The van der Waals surface area contributed by atoms with Crippen LogP contribution in [-0.2, 0) is 21.4 Å². The molecule has 3 N–H and O–H groups in total. The molecule has 11 nitrogen and oxygen atoms in total. The van der Waals surface area contributed by atoms with Crippen LogP contribution in [0.3, 0.4) is 0 Å². The zero-order valence-corrected chi connectivity index (χ0v) is 25.5. The van der Waals surface area contributed by atoms with E-state index in [9.17, 15) is 14.9 Å². The molecular weight excluding hydrogens is 572 g/mol. The molecule has 228 valence electrons. The number of para-hydroxylation sites is 1. The van der Waals surface area contributed by atoms with Crippen molar-refractivity contribution in [3.63, 3.8) is 0 Å². The Balaban J connectivity index is 1.52. The molecule has 3 aliphatic heterocycles. The van der Waals surface area contributed by atoms with Gasteiger partial charge in [0.25, 0.3) is 0 Å². The van der Waals surface area contributed by atoms with E-state index in [4.69, 9.17) is 18.6 Å². The lowest BCUT2D eigenvalue weighted by Gasteiger charge is -2.32. The van der Waals surface area contributed by atoms with Crippen molar-refractivity contribution in [1.82, 2.24) is 20.6 Å². The summed E-state index contributed by atoms with van der Waals surface area (Å²) < 4.78 is 19.2. The summed E-state index contributed by atoms with van der Waals surface area (Å²) >= 11 is 0. The van der Waals surface area contributed by atoms with E-state index in [1.165, 1.54) is 12.3 Å². The van der Waals surface area contributed by atoms with Crippen LogP contribution in [0.5, 0.6) is 5.75 Å². The van der Waals surface area contributed by atoms with Gasteiger partial charge in [-0.15, -0.1) is 0 Å². The number of carbonyl (C=O) groups excluding carboxylic acids is 2. The van der Waals surface area contributed by atoms with Gasteiger partial charge in [0.05, 0.1) is 0 Å². The number of allylic oxidation sites excluding steroid dienone is 1. The van der Waals surface area contributed by atoms with Crippen LogP contribution in [0, 0.1) is 16.7 Å². The van der Waals surface area contributed by atoms with E-state index in [2.05, 4.69) is 20.9 Å². The zero-order valence-electron chi connectivity index (χ0n) is 25.5. The molecule has 4 atom stereocenters. The van der Waals surface area contributed by atoms with E-state index in [0.717, 1.165) is 28.0 Å². The normalized spacial score (nSPS) is 22.8. The highest BCUT2D eigenvalue weighted by Crippen LogP contribution is 2.59. The quantitative estimate of drug-likeness (QED) is 0.277. The van der Waals surface area contributed by atoms with Crippen LogP contribution in [0.4, 0.5) is 5.69 Å². The molecule has 0 aliphatic carbocycles. The van der Waals surface area contributed by atoms with Crippen molar-refractivity contribution < 1.29 is 23.2 Å². The van der Waals surface area contributed by atoms with Gasteiger partial charge in [-0.25, -0.2) is 4.98 Å². The monoisotopic (exact) mass is 604 g/mol. The largest absolute Gasteiger partial charge is 0.469 e. The maximum Gasteiger partial charge on any atom is 0.250 e. The molecule has 0 saturated heterocycles. The van der Waals surface area contributed by atoms with Gasteiger partial charge in [0, 0.05) is 23.7 Å². The lowest BCUT2D eigenvalue weighted by atomic mass is 9.72. The second kappa shape index (κ2) is 10.1. The summed E-state index contributed by atoms with van der Waals surface area (Å²) in [6, 6.07) is 14.1. The third-order valence-corrected chi connectivity index (χ3v) is 8.46. The summed E-state index contributed by atoms with van der Waals surface area (Å²) in [7, 11) is 0. The van der Waals surface area contributed by atoms with Gasteiger partial charge in [-0.1, -0.05) is 56.7 Å². The highest BCUT2D eigenvalue weighted by Gasteiger charge is 2.61. The van der Waals surface area contributed by atoms with Gasteiger partial charge in [-0.05, 0) is 42.5 Å². The number of hydrogen-bond donors (Lipinski definition) is 3. The predicted molar refractivity (Wildman–Crippen MR) is 163 cm³/mol. The molecule has 4 bridgehead atoms. The molecule has 3 aliphatic rings. The van der Waals surface area contributed by atoms with Crippen LogP contribution in [0.1, 0.15) is 74.7 Å². The number of ether oxygens (including phenoxy) is 1. The van der Waals surface area contributed by atoms with Crippen LogP contribution in [0.25, 0.3) is 11.6 Å². The molecule has 0 saturated carbocycles. The topological polar surface area (TPSA) is 155 Å². The highest BCUT2D eigenvalue weighted by atomic mass is 16.5. The van der Waals surface area contributed by atoms with Crippen molar-refractivity contribution in [2.75, 3.05) is 5.32 Å². The van der Waals surface area contributed by atoms with Gasteiger partial charge in [0.15, 0.2) is 23.4 Å². The maximum atomic E-state index is 14.0. The minimum atomic E-state index is -1.03. The van der Waals surface area contributed by atoms with Crippen molar-refractivity contribution in [3.05, 3.63) is 94.4 Å². The number of nitrogens with zero attached hydrogens (tertiary/aromatic N) is 3. The van der Waals surface area contributed by atoms with Gasteiger partial charge >= 0.3 is 0 Å². The number of nitrogens with one attached hydrogen (secondary N) is 3. The summed E-state index contributed by atoms with van der Waals surface area (Å²) in [4.78, 5) is 36.2. The fourth-order valence-electron chi connectivity index (χ4n) is 6.47. The number of benzene rings is 2. The Morgan fingerprint density at radius 3 is 2.67 bits per heavy atom. The number of carbonyl (C=O) groups is 2. The Kier molecular flexibility index (Phi) is 6.37. The van der Waals surface area contributed by atoms with Crippen LogP contribution in [0.15, 0.2) is 69.2 Å². The van der Waals surface area contributed by atoms with Gasteiger partial charge in [-0.2, -0.15) is 10.2 Å². The van der Waals surface area contributed by atoms with E-state index in [0.29, 0.717) is 17.2 Å². The van der Waals surface area contributed by atoms with E-state index in [-0.39, 0.29) is 35.7 Å². The number of rotatable bonds is 3. The van der Waals surface area contributed by atoms with Gasteiger partial charge in [0.2, 0.25) is 23.6 Å². The molecule has 0 fully saturated rings. The third-order valence-electron chi connectivity index (χ3n) is 8.46. The van der Waals surface area contributed by atoms with Gasteiger partial charge < -0.3 is 29.5 Å². The predicted octanol–water partition coefficient (Wildman–Crippen LogP) is 4.89. The van der Waals surface area contributed by atoms with Crippen molar-refractivity contribution in [2.24, 2.45) is 5.41 Å². The van der Waals surface area contributed by atoms with Gasteiger partial charge in [-0.3, -0.25) is 9.59 Å². The molecule has 4 aromatic rings. The first-order valence-corrected chi connectivity index (χ1v) is 14.8. The molecule has 1 spiro atoms. The second-order valence-electron chi connectivity index (χ2n) is 13.0. The van der Waals surface area contributed by atoms with Crippen LogP contribution >= 0.6 is 0 Å². The molecule has 0 radical (unpaired) electrons. The smallest absolute Gasteiger partial charge is 0.250 e. The Morgan fingerprint density at radius 2 is 1.93 bits per heavy atom. The fraction of sp³-hybridized carbons (Fsp3) is 0.324. The summed E-state index contributed by atoms with van der Waals surface area (Å²) in [5.74, 6) is 0.655. The van der Waals surface area contributed by atoms with Crippen LogP contribution in [0.2, 0.25) is 0 Å². The fourth-order valence-corrected chi connectivity index (χ4v) is 6.47. The maximum absolute atomic E-state index is 14.0. The minimum Gasteiger partial charge on any atom is -0.469 e. The lowest BCUT2D eigenvalue weighted by molar-refractivity contribution is -0.128. The Morgan fingerprint density at radius 1 is 1.13 bits per heavy atom. The molecule has 4 unspecified atom stereocenters. The molecule has 45 heavy (non-hydrogen) atoms. The Hall–Kier alpha value is -5.37. The van der Waals surface area contributed by atoms with E-state index in [1.54, 1.807) is 0 Å². The van der Waals surface area contributed by atoms with E-state index >= 15 is 0 Å².